The van der Waals surface area contributed by atoms with Crippen LogP contribution in [0.3, 0.4) is 0 Å². The molecule has 3 heterocycles. The maximum atomic E-state index is 12.3. The van der Waals surface area contributed by atoms with Crippen LogP contribution in [0.1, 0.15) is 40.5 Å². The van der Waals surface area contributed by atoms with Crippen LogP contribution >= 0.6 is 0 Å². The summed E-state index contributed by atoms with van der Waals surface area (Å²) >= 11 is 0. The molecule has 1 aliphatic rings. The van der Waals surface area contributed by atoms with Gasteiger partial charge in [0.15, 0.2) is 17.0 Å². The highest BCUT2D eigenvalue weighted by atomic mass is 32.2. The molecule has 0 spiro atoms. The number of rotatable bonds is 10. The van der Waals surface area contributed by atoms with Crippen LogP contribution in [0.5, 0.6) is 0 Å². The first-order valence-electron chi connectivity index (χ1n) is 10.5. The number of aromatic nitrogens is 4. The summed E-state index contributed by atoms with van der Waals surface area (Å²) in [7, 11) is -3.46. The molecule has 0 aromatic carbocycles. The van der Waals surface area contributed by atoms with Gasteiger partial charge in [-0.15, -0.1) is 0 Å². The fourth-order valence-electron chi connectivity index (χ4n) is 3.60. The van der Waals surface area contributed by atoms with E-state index < -0.39 is 16.3 Å². The first-order valence-corrected chi connectivity index (χ1v) is 11.9. The van der Waals surface area contributed by atoms with Gasteiger partial charge in [0.25, 0.3) is 10.2 Å². The van der Waals surface area contributed by atoms with E-state index in [9.17, 15) is 13.5 Å². The Bertz CT molecular complexity index is 962. The van der Waals surface area contributed by atoms with E-state index in [0.29, 0.717) is 55.5 Å². The Kier molecular flexibility index (Phi) is 7.11. The first kappa shape index (κ1) is 22.7. The lowest BCUT2D eigenvalue weighted by atomic mass is 10.1. The molecule has 0 radical (unpaired) electrons. The Morgan fingerprint density at radius 2 is 2.07 bits per heavy atom. The summed E-state index contributed by atoms with van der Waals surface area (Å²) in [5.74, 6) is 0.964. The molecule has 3 rings (SSSR count). The Morgan fingerprint density at radius 3 is 2.70 bits per heavy atom. The van der Waals surface area contributed by atoms with Gasteiger partial charge in [-0.1, -0.05) is 13.8 Å². The minimum atomic E-state index is -3.46. The fraction of sp³-hybridized carbons (Fsp3) is 0.722. The van der Waals surface area contributed by atoms with E-state index in [0.717, 1.165) is 6.42 Å². The summed E-state index contributed by atoms with van der Waals surface area (Å²) in [6, 6.07) is -0.268. The summed E-state index contributed by atoms with van der Waals surface area (Å²) in [6.45, 7) is 9.33. The lowest BCUT2D eigenvalue weighted by Crippen LogP contribution is -2.40. The number of nitrogens with zero attached hydrogens (tertiary/aromatic N) is 5. The number of hydrogen-bond acceptors (Lipinski definition) is 8. The molecule has 1 fully saturated rings. The Labute approximate surface area is 177 Å². The standard InChI is InChI=1S/C18H32N8O3S/c1-5-14(12(4)27)22-18-23-16(15-17(24-18)25(7-3)11-19-15)21-13-8-9-26(10-13)30(28,29)20-6-2/h11-14,20,27H,5-10H2,1-4H3,(H2,21,22,23,24)/t12-,13?,14-/m1/s1. The summed E-state index contributed by atoms with van der Waals surface area (Å²) in [5, 5.41) is 16.5. The number of aliphatic hydroxyl groups is 1. The van der Waals surface area contributed by atoms with E-state index in [-0.39, 0.29) is 12.1 Å². The topological polar surface area (TPSA) is 137 Å². The first-order chi connectivity index (χ1) is 14.3. The van der Waals surface area contributed by atoms with E-state index in [1.54, 1.807) is 20.2 Å². The van der Waals surface area contributed by atoms with Crippen LogP contribution in [0.4, 0.5) is 11.8 Å². The highest BCUT2D eigenvalue weighted by Gasteiger charge is 2.31. The molecular formula is C18H32N8O3S. The molecule has 30 heavy (non-hydrogen) atoms. The molecule has 1 unspecified atom stereocenters. The van der Waals surface area contributed by atoms with Crippen LogP contribution in [-0.4, -0.2) is 75.2 Å². The zero-order chi connectivity index (χ0) is 21.9. The van der Waals surface area contributed by atoms with Crippen LogP contribution < -0.4 is 15.4 Å². The quantitative estimate of drug-likeness (QED) is 0.425. The molecule has 0 aliphatic carbocycles. The van der Waals surface area contributed by atoms with Crippen LogP contribution in [0.2, 0.25) is 0 Å². The van der Waals surface area contributed by atoms with Crippen molar-refractivity contribution < 1.29 is 13.5 Å². The normalized spacial score (nSPS) is 19.8. The minimum Gasteiger partial charge on any atom is -0.391 e. The SMILES string of the molecule is CCNS(=O)(=O)N1CCC(Nc2nc(N[C@H](CC)[C@@H](C)O)nc3c2ncn3CC)C1. The second-order valence-electron chi connectivity index (χ2n) is 7.49. The second-order valence-corrected chi connectivity index (χ2v) is 9.24. The van der Waals surface area contributed by atoms with Crippen LogP contribution in [0.25, 0.3) is 11.2 Å². The van der Waals surface area contributed by atoms with E-state index in [2.05, 4.69) is 30.3 Å². The van der Waals surface area contributed by atoms with Gasteiger partial charge in [-0.05, 0) is 26.7 Å². The Hall–Kier alpha value is -2.02. The van der Waals surface area contributed by atoms with Gasteiger partial charge < -0.3 is 20.3 Å². The van der Waals surface area contributed by atoms with Crippen molar-refractivity contribution in [3.05, 3.63) is 6.33 Å². The predicted molar refractivity (Wildman–Crippen MR) is 117 cm³/mol. The molecule has 4 N–H and O–H groups in total. The monoisotopic (exact) mass is 440 g/mol. The van der Waals surface area contributed by atoms with Gasteiger partial charge in [-0.25, -0.2) is 9.71 Å². The fourth-order valence-corrected chi connectivity index (χ4v) is 4.87. The highest BCUT2D eigenvalue weighted by Crippen LogP contribution is 2.25. The molecule has 168 valence electrons. The summed E-state index contributed by atoms with van der Waals surface area (Å²) < 4.78 is 30.4. The number of anilines is 2. The number of aliphatic hydroxyl groups excluding tert-OH is 1. The zero-order valence-corrected chi connectivity index (χ0v) is 18.8. The van der Waals surface area contributed by atoms with Crippen molar-refractivity contribution in [2.45, 2.75) is 65.3 Å². The van der Waals surface area contributed by atoms with Crippen molar-refractivity contribution in [2.75, 3.05) is 30.3 Å². The average molecular weight is 441 g/mol. The zero-order valence-electron chi connectivity index (χ0n) is 18.0. The molecule has 0 amide bonds. The Balaban J connectivity index is 1.87. The molecular weight excluding hydrogens is 408 g/mol. The molecule has 2 aromatic heterocycles. The third kappa shape index (κ3) is 4.82. The van der Waals surface area contributed by atoms with Crippen molar-refractivity contribution in [1.82, 2.24) is 28.5 Å². The van der Waals surface area contributed by atoms with Gasteiger partial charge in [0.2, 0.25) is 5.95 Å². The van der Waals surface area contributed by atoms with Crippen molar-refractivity contribution in [3.63, 3.8) is 0 Å². The molecule has 3 atom stereocenters. The molecule has 0 bridgehead atoms. The largest absolute Gasteiger partial charge is 0.391 e. The molecule has 11 nitrogen and oxygen atoms in total. The second kappa shape index (κ2) is 9.41. The van der Waals surface area contributed by atoms with E-state index in [4.69, 9.17) is 0 Å². The molecule has 0 saturated carbocycles. The number of hydrogen-bond donors (Lipinski definition) is 4. The number of fused-ring (bicyclic) bond motifs is 1. The third-order valence-corrected chi connectivity index (χ3v) is 6.96. The average Bonchev–Trinajstić information content (AvgIpc) is 3.33. The molecule has 1 saturated heterocycles. The number of imidazole rings is 1. The van der Waals surface area contributed by atoms with E-state index in [1.807, 2.05) is 18.4 Å². The van der Waals surface area contributed by atoms with Gasteiger partial charge in [0, 0.05) is 32.2 Å². The van der Waals surface area contributed by atoms with Gasteiger partial charge in [0.1, 0.15) is 0 Å². The van der Waals surface area contributed by atoms with Crippen molar-refractivity contribution in [3.8, 4) is 0 Å². The van der Waals surface area contributed by atoms with Crippen molar-refractivity contribution in [2.24, 2.45) is 0 Å². The number of aryl methyl sites for hydroxylation is 1. The van der Waals surface area contributed by atoms with Gasteiger partial charge in [-0.2, -0.15) is 22.7 Å². The summed E-state index contributed by atoms with van der Waals surface area (Å²) in [4.78, 5) is 13.7. The van der Waals surface area contributed by atoms with E-state index in [1.165, 1.54) is 4.31 Å². The molecule has 12 heteroatoms. The van der Waals surface area contributed by atoms with Crippen molar-refractivity contribution in [1.29, 1.82) is 0 Å². The van der Waals surface area contributed by atoms with Gasteiger partial charge >= 0.3 is 0 Å². The summed E-state index contributed by atoms with van der Waals surface area (Å²) in [6.07, 6.45) is 2.55. The van der Waals surface area contributed by atoms with Crippen LogP contribution in [0.15, 0.2) is 6.33 Å². The van der Waals surface area contributed by atoms with Crippen LogP contribution in [0, 0.1) is 0 Å². The number of nitrogens with one attached hydrogen (secondary N) is 3. The summed E-state index contributed by atoms with van der Waals surface area (Å²) in [5.41, 5.74) is 1.33. The lowest BCUT2D eigenvalue weighted by molar-refractivity contribution is 0.169. The maximum Gasteiger partial charge on any atom is 0.279 e. The third-order valence-electron chi connectivity index (χ3n) is 5.30. The lowest BCUT2D eigenvalue weighted by Gasteiger charge is -2.21. The molecule has 2 aromatic rings. The molecule has 1 aliphatic heterocycles. The van der Waals surface area contributed by atoms with E-state index >= 15 is 0 Å². The minimum absolute atomic E-state index is 0.0881. The smallest absolute Gasteiger partial charge is 0.279 e. The van der Waals surface area contributed by atoms with Crippen LogP contribution in [-0.2, 0) is 16.8 Å². The van der Waals surface area contributed by atoms with Crippen molar-refractivity contribution >= 4 is 33.1 Å². The highest BCUT2D eigenvalue weighted by molar-refractivity contribution is 7.87. The van der Waals surface area contributed by atoms with Gasteiger partial charge in [0.05, 0.1) is 18.5 Å². The van der Waals surface area contributed by atoms with Gasteiger partial charge in [-0.3, -0.25) is 0 Å². The Morgan fingerprint density at radius 1 is 1.30 bits per heavy atom. The predicted octanol–water partition coefficient (Wildman–Crippen LogP) is 0.758. The maximum absolute atomic E-state index is 12.3.